The summed E-state index contributed by atoms with van der Waals surface area (Å²) in [5.41, 5.74) is 0.302. The van der Waals surface area contributed by atoms with Crippen molar-refractivity contribution in [3.05, 3.63) is 34.6 Å². The molecule has 0 saturated carbocycles. The first-order valence-electron chi connectivity index (χ1n) is 3.77. The molecule has 0 aliphatic heterocycles. The number of hydrogen-bond acceptors (Lipinski definition) is 3. The van der Waals surface area contributed by atoms with Crippen LogP contribution in [0.1, 0.15) is 21.5 Å². The summed E-state index contributed by atoms with van der Waals surface area (Å²) in [6.07, 6.45) is 0.297. The summed E-state index contributed by atoms with van der Waals surface area (Å²) in [6, 6.07) is 5.82. The summed E-state index contributed by atoms with van der Waals surface area (Å²) in [5.74, 6) is -0.704. The van der Waals surface area contributed by atoms with Gasteiger partial charge in [0.1, 0.15) is 5.82 Å². The van der Waals surface area contributed by atoms with E-state index in [1.165, 1.54) is 0 Å². The maximum absolute atomic E-state index is 13.0. The second kappa shape index (κ2) is 4.15. The number of nitrogens with zero attached hydrogens (tertiary/aromatic N) is 2. The molecule has 14 heavy (non-hydrogen) atoms. The third kappa shape index (κ3) is 1.75. The van der Waals surface area contributed by atoms with Gasteiger partial charge in [0.2, 0.25) is 0 Å². The van der Waals surface area contributed by atoms with Crippen molar-refractivity contribution in [2.75, 3.05) is 0 Å². The molecule has 4 heteroatoms. The van der Waals surface area contributed by atoms with Gasteiger partial charge >= 0.3 is 0 Å². The van der Waals surface area contributed by atoms with Crippen molar-refractivity contribution in [2.24, 2.45) is 0 Å². The van der Waals surface area contributed by atoms with Crippen LogP contribution in [-0.4, -0.2) is 6.29 Å². The van der Waals surface area contributed by atoms with Crippen molar-refractivity contribution in [2.45, 2.75) is 6.42 Å². The summed E-state index contributed by atoms with van der Waals surface area (Å²) in [5, 5.41) is 17.1. The van der Waals surface area contributed by atoms with Crippen LogP contribution in [0.4, 0.5) is 4.39 Å². The lowest BCUT2D eigenvalue weighted by Gasteiger charge is -2.00. The van der Waals surface area contributed by atoms with E-state index in [1.807, 2.05) is 6.07 Å². The van der Waals surface area contributed by atoms with Gasteiger partial charge in [-0.1, -0.05) is 0 Å². The molecule has 1 aromatic rings. The molecule has 1 rings (SSSR count). The number of carbonyl (C=O) groups excluding carboxylic acids is 1. The molecule has 0 fully saturated rings. The topological polar surface area (TPSA) is 64.7 Å². The first-order chi connectivity index (χ1) is 6.72. The van der Waals surface area contributed by atoms with Gasteiger partial charge in [-0.25, -0.2) is 4.39 Å². The highest BCUT2D eigenvalue weighted by molar-refractivity contribution is 5.76. The first kappa shape index (κ1) is 9.88. The zero-order valence-electron chi connectivity index (χ0n) is 7.12. The van der Waals surface area contributed by atoms with Crippen LogP contribution in [0.3, 0.4) is 0 Å². The molecule has 0 saturated heterocycles. The van der Waals surface area contributed by atoms with E-state index in [9.17, 15) is 9.18 Å². The van der Waals surface area contributed by atoms with E-state index in [4.69, 9.17) is 10.5 Å². The molecule has 0 aliphatic rings. The minimum Gasteiger partial charge on any atom is -0.298 e. The van der Waals surface area contributed by atoms with E-state index in [-0.39, 0.29) is 17.5 Å². The molecule has 0 amide bonds. The lowest BCUT2D eigenvalue weighted by molar-refractivity contribution is 0.112. The summed E-state index contributed by atoms with van der Waals surface area (Å²) in [4.78, 5) is 10.4. The first-order valence-corrected chi connectivity index (χ1v) is 3.77. The van der Waals surface area contributed by atoms with Crippen molar-refractivity contribution in [1.29, 1.82) is 10.5 Å². The maximum Gasteiger partial charge on any atom is 0.153 e. The standard InChI is InChI=1S/C10H5FN2O/c11-10-4-7(1-2-12)8(5-13)3-9(10)6-14/h3-4,6H,1H2. The molecular weight excluding hydrogens is 183 g/mol. The van der Waals surface area contributed by atoms with Crippen LogP contribution in [0.2, 0.25) is 0 Å². The Labute approximate surface area is 80.0 Å². The van der Waals surface area contributed by atoms with Gasteiger partial charge in [0.15, 0.2) is 6.29 Å². The SMILES string of the molecule is N#CCc1cc(F)c(C=O)cc1C#N. The zero-order chi connectivity index (χ0) is 10.6. The van der Waals surface area contributed by atoms with Gasteiger partial charge < -0.3 is 0 Å². The van der Waals surface area contributed by atoms with Gasteiger partial charge in [0, 0.05) is 0 Å². The quantitative estimate of drug-likeness (QED) is 0.661. The highest BCUT2D eigenvalue weighted by Crippen LogP contribution is 2.14. The lowest BCUT2D eigenvalue weighted by Crippen LogP contribution is -1.95. The number of carbonyl (C=O) groups is 1. The zero-order valence-corrected chi connectivity index (χ0v) is 7.12. The lowest BCUT2D eigenvalue weighted by atomic mass is 10.0. The van der Waals surface area contributed by atoms with E-state index in [0.29, 0.717) is 11.8 Å². The second-order valence-corrected chi connectivity index (χ2v) is 2.60. The smallest absolute Gasteiger partial charge is 0.153 e. The summed E-state index contributed by atoms with van der Waals surface area (Å²) >= 11 is 0. The number of benzene rings is 1. The van der Waals surface area contributed by atoms with Crippen LogP contribution < -0.4 is 0 Å². The van der Waals surface area contributed by atoms with Crippen molar-refractivity contribution in [3.8, 4) is 12.1 Å². The average molecular weight is 188 g/mol. The van der Waals surface area contributed by atoms with Crippen LogP contribution in [0, 0.1) is 28.5 Å². The van der Waals surface area contributed by atoms with Crippen LogP contribution in [0.15, 0.2) is 12.1 Å². The van der Waals surface area contributed by atoms with Crippen LogP contribution in [0.25, 0.3) is 0 Å². The monoisotopic (exact) mass is 188 g/mol. The molecule has 0 aromatic heterocycles. The predicted molar refractivity (Wildman–Crippen MR) is 45.8 cm³/mol. The van der Waals surface area contributed by atoms with Crippen LogP contribution >= 0.6 is 0 Å². The van der Waals surface area contributed by atoms with Gasteiger partial charge in [0.05, 0.1) is 29.7 Å². The molecule has 3 nitrogen and oxygen atoms in total. The Bertz CT molecular complexity index is 454. The minimum absolute atomic E-state index is 0.0427. The Morgan fingerprint density at radius 2 is 2.14 bits per heavy atom. The van der Waals surface area contributed by atoms with E-state index < -0.39 is 5.82 Å². The van der Waals surface area contributed by atoms with Crippen LogP contribution in [0.5, 0.6) is 0 Å². The molecule has 0 N–H and O–H groups in total. The van der Waals surface area contributed by atoms with E-state index in [2.05, 4.69) is 0 Å². The van der Waals surface area contributed by atoms with Gasteiger partial charge in [0.25, 0.3) is 0 Å². The molecule has 0 atom stereocenters. The minimum atomic E-state index is -0.704. The Balaban J connectivity index is 3.34. The molecule has 1 aromatic carbocycles. The Morgan fingerprint density at radius 3 is 2.64 bits per heavy atom. The largest absolute Gasteiger partial charge is 0.298 e. The Hall–Kier alpha value is -2.20. The maximum atomic E-state index is 13.0. The highest BCUT2D eigenvalue weighted by atomic mass is 19.1. The third-order valence-electron chi connectivity index (χ3n) is 1.74. The van der Waals surface area contributed by atoms with E-state index in [0.717, 1.165) is 12.1 Å². The van der Waals surface area contributed by atoms with Crippen molar-refractivity contribution >= 4 is 6.29 Å². The molecule has 0 unspecified atom stereocenters. The fourth-order valence-corrected chi connectivity index (χ4v) is 1.06. The van der Waals surface area contributed by atoms with E-state index >= 15 is 0 Å². The Kier molecular flexibility index (Phi) is 2.93. The number of hydrogen-bond donors (Lipinski definition) is 0. The third-order valence-corrected chi connectivity index (χ3v) is 1.74. The van der Waals surface area contributed by atoms with E-state index in [1.54, 1.807) is 6.07 Å². The molecule has 0 radical (unpaired) electrons. The van der Waals surface area contributed by atoms with Gasteiger partial charge in [-0.2, -0.15) is 10.5 Å². The molecule has 0 heterocycles. The Morgan fingerprint density at radius 1 is 1.43 bits per heavy atom. The molecule has 0 spiro atoms. The van der Waals surface area contributed by atoms with Gasteiger partial charge in [-0.05, 0) is 17.7 Å². The average Bonchev–Trinajstić information content (AvgIpc) is 2.19. The fourth-order valence-electron chi connectivity index (χ4n) is 1.06. The van der Waals surface area contributed by atoms with Gasteiger partial charge in [-0.15, -0.1) is 0 Å². The van der Waals surface area contributed by atoms with Crippen molar-refractivity contribution in [3.63, 3.8) is 0 Å². The van der Waals surface area contributed by atoms with Crippen LogP contribution in [-0.2, 0) is 6.42 Å². The fraction of sp³-hybridized carbons (Fsp3) is 0.100. The second-order valence-electron chi connectivity index (χ2n) is 2.60. The van der Waals surface area contributed by atoms with Crippen molar-refractivity contribution < 1.29 is 9.18 Å². The highest BCUT2D eigenvalue weighted by Gasteiger charge is 2.08. The molecule has 0 aliphatic carbocycles. The van der Waals surface area contributed by atoms with Crippen molar-refractivity contribution in [1.82, 2.24) is 0 Å². The number of rotatable bonds is 2. The number of aldehydes is 1. The normalized spacial score (nSPS) is 8.79. The number of nitriles is 2. The summed E-state index contributed by atoms with van der Waals surface area (Å²) in [7, 11) is 0. The molecule has 0 bridgehead atoms. The molecule has 68 valence electrons. The predicted octanol–water partition coefficient (Wildman–Crippen LogP) is 1.58. The van der Waals surface area contributed by atoms with Gasteiger partial charge in [-0.3, -0.25) is 4.79 Å². The summed E-state index contributed by atoms with van der Waals surface area (Å²) in [6.45, 7) is 0. The molecular formula is C10H5FN2O. The summed E-state index contributed by atoms with van der Waals surface area (Å²) < 4.78 is 13.0. The number of halogens is 1.